The molecule has 0 radical (unpaired) electrons. The number of nitrogens with zero attached hydrogens (tertiary/aromatic N) is 3. The van der Waals surface area contributed by atoms with Gasteiger partial charge in [-0.2, -0.15) is 0 Å². The minimum Gasteiger partial charge on any atom is -0.447 e. The number of pyridine rings is 1. The lowest BCUT2D eigenvalue weighted by Crippen LogP contribution is -2.41. The maximum atomic E-state index is 13.8. The van der Waals surface area contributed by atoms with Crippen molar-refractivity contribution in [2.24, 2.45) is 0 Å². The molecule has 1 aromatic heterocycles. The van der Waals surface area contributed by atoms with Gasteiger partial charge in [-0.3, -0.25) is 0 Å². The molecule has 7 nitrogen and oxygen atoms in total. The third-order valence-electron chi connectivity index (χ3n) is 5.13. The number of aliphatic hydroxyl groups excluding tert-OH is 1. The molecule has 2 N–H and O–H groups in total. The van der Waals surface area contributed by atoms with Crippen molar-refractivity contribution >= 4 is 48.6 Å². The number of anilines is 1. The van der Waals surface area contributed by atoms with Crippen LogP contribution in [0.2, 0.25) is 0 Å². The van der Waals surface area contributed by atoms with Gasteiger partial charge in [-0.1, -0.05) is 0 Å². The van der Waals surface area contributed by atoms with E-state index >= 15 is 0 Å². The minimum absolute atomic E-state index is 0.0700. The molecule has 3 rings (SSSR count). The number of carbonyl (C=O) groups is 1. The van der Waals surface area contributed by atoms with Gasteiger partial charge >= 0.3 is 6.09 Å². The van der Waals surface area contributed by atoms with E-state index in [-0.39, 0.29) is 24.1 Å². The van der Waals surface area contributed by atoms with Crippen molar-refractivity contribution < 1.29 is 19.0 Å². The average molecular weight is 568 g/mol. The summed E-state index contributed by atoms with van der Waals surface area (Å²) in [5.74, 6) is 0.187. The van der Waals surface area contributed by atoms with Crippen molar-refractivity contribution in [3.8, 4) is 0 Å². The van der Waals surface area contributed by atoms with E-state index < -0.39 is 0 Å². The van der Waals surface area contributed by atoms with Gasteiger partial charge in [0, 0.05) is 50.4 Å². The Morgan fingerprint density at radius 2 is 1.81 bits per heavy atom. The first-order valence-corrected chi connectivity index (χ1v) is 13.7. The lowest BCUT2D eigenvalue weighted by atomic mass is 10.1. The number of aromatic nitrogens is 1. The molecule has 2 aliphatic heterocycles. The molecule has 31 heavy (non-hydrogen) atoms. The number of thiol groups is 1. The van der Waals surface area contributed by atoms with Crippen LogP contribution >= 0.6 is 31.0 Å². The van der Waals surface area contributed by atoms with Gasteiger partial charge < -0.3 is 25.1 Å². The highest BCUT2D eigenvalue weighted by Gasteiger charge is 2.22. The normalized spacial score (nSPS) is 16.9. The van der Waals surface area contributed by atoms with E-state index in [0.717, 1.165) is 17.0 Å². The highest BCUT2D eigenvalue weighted by Crippen LogP contribution is 2.22. The van der Waals surface area contributed by atoms with Crippen molar-refractivity contribution in [2.45, 2.75) is 65.6 Å². The summed E-state index contributed by atoms with van der Waals surface area (Å²) >= 11 is 1.84. The molecule has 0 unspecified atom stereocenters. The van der Waals surface area contributed by atoms with E-state index in [1.807, 2.05) is 53.8 Å². The zero-order valence-electron chi connectivity index (χ0n) is 18.7. The summed E-state index contributed by atoms with van der Waals surface area (Å²) in [6, 6.07) is 1.54. The Kier molecular flexibility index (Phi) is 12.7. The molecule has 2 fully saturated rings. The maximum Gasteiger partial charge on any atom is 0.410 e. The Bertz CT molecular complexity index is 721. The van der Waals surface area contributed by atoms with E-state index in [1.54, 1.807) is 4.90 Å². The van der Waals surface area contributed by atoms with E-state index in [4.69, 9.17) is 10.1 Å². The molecule has 2 aliphatic rings. The topological polar surface area (TPSA) is 89.8 Å². The zero-order chi connectivity index (χ0) is 23.6. The monoisotopic (exact) mass is 568 g/mol. The maximum absolute atomic E-state index is 13.8. The summed E-state index contributed by atoms with van der Waals surface area (Å²) in [6.45, 7) is 10.0. The number of nitrogens with one attached hydrogen (secondary N) is 1. The Labute approximate surface area is 202 Å². The fourth-order valence-corrected chi connectivity index (χ4v) is 3.19. The van der Waals surface area contributed by atoms with Crippen molar-refractivity contribution in [2.75, 3.05) is 31.1 Å². The van der Waals surface area contributed by atoms with Gasteiger partial charge in [0.2, 0.25) is 0 Å². The highest BCUT2D eigenvalue weighted by atomic mass is 127. The average Bonchev–Trinajstić information content (AvgIpc) is 2.73. The summed E-state index contributed by atoms with van der Waals surface area (Å²) < 4.78 is 18.8. The van der Waals surface area contributed by atoms with Gasteiger partial charge in [0.15, 0.2) is 11.6 Å². The largest absolute Gasteiger partial charge is 0.447 e. The quantitative estimate of drug-likeness (QED) is 0.355. The van der Waals surface area contributed by atoms with Crippen molar-refractivity contribution in [1.29, 1.82) is 5.41 Å². The number of halogens is 2. The summed E-state index contributed by atoms with van der Waals surface area (Å²) in [6.07, 6.45) is 2.17. The van der Waals surface area contributed by atoms with Crippen LogP contribution in [0.15, 0.2) is 6.07 Å². The number of ether oxygens (including phenoxy) is 1. The zero-order valence-corrected chi connectivity index (χ0v) is 21.7. The summed E-state index contributed by atoms with van der Waals surface area (Å²) in [5, 5.41) is 16.7. The van der Waals surface area contributed by atoms with Crippen LogP contribution in [0, 0.1) is 25.1 Å². The van der Waals surface area contributed by atoms with Crippen molar-refractivity contribution in [3.63, 3.8) is 0 Å². The molecule has 0 aliphatic carbocycles. The summed E-state index contributed by atoms with van der Waals surface area (Å²) in [5.41, 5.74) is 2.50. The van der Waals surface area contributed by atoms with Gasteiger partial charge in [-0.05, 0) is 73.4 Å². The van der Waals surface area contributed by atoms with Crippen molar-refractivity contribution in [3.05, 3.63) is 23.1 Å². The first kappa shape index (κ1) is 27.9. The van der Waals surface area contributed by atoms with E-state index in [9.17, 15) is 14.3 Å². The lowest BCUT2D eigenvalue weighted by Gasteiger charge is -2.29. The number of amides is 1. The summed E-state index contributed by atoms with van der Waals surface area (Å²) in [4.78, 5) is 19.2. The number of hydrogen-bond donors (Lipinski definition) is 3. The first-order valence-electron chi connectivity index (χ1n) is 10.4. The van der Waals surface area contributed by atoms with Crippen LogP contribution in [0.25, 0.3) is 0 Å². The predicted molar refractivity (Wildman–Crippen MR) is 134 cm³/mol. The third-order valence-corrected chi connectivity index (χ3v) is 5.13. The first-order chi connectivity index (χ1) is 14.7. The van der Waals surface area contributed by atoms with Crippen LogP contribution in [-0.4, -0.2) is 65.2 Å². The SMILES string of the molecule is CC(C)OC(=O)N1CCC(O)CC1.Cc1cc(F)c(N2CCC(=N)CC2)nc1C.SI. The van der Waals surface area contributed by atoms with Crippen LogP contribution in [0.5, 0.6) is 0 Å². The van der Waals surface area contributed by atoms with E-state index in [1.165, 1.54) is 6.07 Å². The predicted octanol–water partition coefficient (Wildman–Crippen LogP) is 4.71. The van der Waals surface area contributed by atoms with Crippen LogP contribution in [0.1, 0.15) is 50.8 Å². The number of hydrogen-bond acceptors (Lipinski definition) is 7. The number of carbonyl (C=O) groups excluding carboxylic acids is 1. The Balaban J connectivity index is 0.000000293. The number of likely N-dealkylation sites (tertiary alicyclic amines) is 1. The van der Waals surface area contributed by atoms with Crippen LogP contribution in [0.3, 0.4) is 0 Å². The highest BCUT2D eigenvalue weighted by molar-refractivity contribution is 14.2. The second-order valence-corrected chi connectivity index (χ2v) is 7.94. The number of piperidine rings is 2. The Morgan fingerprint density at radius 1 is 1.26 bits per heavy atom. The molecule has 0 saturated carbocycles. The Hall–Kier alpha value is -1.14. The smallest absolute Gasteiger partial charge is 0.410 e. The molecule has 0 aromatic carbocycles. The molecule has 3 heterocycles. The second kappa shape index (κ2) is 14.1. The molecule has 2 saturated heterocycles. The number of rotatable bonds is 2. The van der Waals surface area contributed by atoms with Gasteiger partial charge in [0.1, 0.15) is 0 Å². The van der Waals surface area contributed by atoms with Crippen LogP contribution in [-0.2, 0) is 4.74 Å². The van der Waals surface area contributed by atoms with Crippen LogP contribution < -0.4 is 4.90 Å². The lowest BCUT2D eigenvalue weighted by molar-refractivity contribution is 0.0457. The van der Waals surface area contributed by atoms with Gasteiger partial charge in [-0.25, -0.2) is 14.2 Å². The van der Waals surface area contributed by atoms with Gasteiger partial charge in [0.05, 0.1) is 12.2 Å². The van der Waals surface area contributed by atoms with E-state index in [0.29, 0.717) is 57.7 Å². The van der Waals surface area contributed by atoms with Crippen molar-refractivity contribution in [1.82, 2.24) is 9.88 Å². The molecular formula is C21H34FIN4O3S. The molecule has 1 aromatic rings. The standard InChI is InChI=1S/C12H16FN3.C9H17NO3.HIS/c1-8-7-11(13)12(15-9(8)2)16-5-3-10(14)4-6-16;1-7(2)13-9(12)10-5-3-8(11)4-6-10;1-2/h7,14H,3-6H2,1-2H3;7-8,11H,3-6H2,1-2H3;2H. The fraction of sp³-hybridized carbons (Fsp3) is 0.667. The fourth-order valence-electron chi connectivity index (χ4n) is 3.19. The van der Waals surface area contributed by atoms with Crippen LogP contribution in [0.4, 0.5) is 15.0 Å². The third kappa shape index (κ3) is 9.48. The number of aryl methyl sites for hydroxylation is 2. The van der Waals surface area contributed by atoms with Gasteiger partial charge in [0.25, 0.3) is 0 Å². The molecule has 0 bridgehead atoms. The minimum atomic E-state index is -0.262. The van der Waals surface area contributed by atoms with Gasteiger partial charge in [-0.15, -0.1) is 9.80 Å². The number of aliphatic hydroxyl groups is 1. The molecule has 0 spiro atoms. The second-order valence-electron chi connectivity index (χ2n) is 7.94. The molecule has 0 atom stereocenters. The molecule has 1 amide bonds. The molecular weight excluding hydrogens is 534 g/mol. The Morgan fingerprint density at radius 3 is 2.32 bits per heavy atom. The van der Waals surface area contributed by atoms with E-state index in [2.05, 4.69) is 14.8 Å². The molecule has 176 valence electrons. The summed E-state index contributed by atoms with van der Waals surface area (Å²) in [7, 11) is 3.50. The molecule has 10 heteroatoms.